The maximum atomic E-state index is 11.4. The summed E-state index contributed by atoms with van der Waals surface area (Å²) < 4.78 is 4.91. The second kappa shape index (κ2) is 2.36. The van der Waals surface area contributed by atoms with Gasteiger partial charge in [0.05, 0.1) is 6.61 Å². The topological polar surface area (TPSA) is 52.3 Å². The number of carbonyl (C=O) groups is 1. The van der Waals surface area contributed by atoms with E-state index < -0.39 is 5.54 Å². The molecular weight excluding hydrogens is 178 g/mol. The van der Waals surface area contributed by atoms with E-state index in [1.807, 2.05) is 30.3 Å². The number of esters is 1. The van der Waals surface area contributed by atoms with Gasteiger partial charge in [-0.25, -0.2) is 0 Å². The normalized spacial score (nSPS) is 39.1. The molecule has 3 rings (SSSR count). The first kappa shape index (κ1) is 8.00. The largest absolute Gasteiger partial charge is 0.464 e. The van der Waals surface area contributed by atoms with Gasteiger partial charge < -0.3 is 10.5 Å². The van der Waals surface area contributed by atoms with Crippen molar-refractivity contribution in [1.82, 2.24) is 0 Å². The van der Waals surface area contributed by atoms with Gasteiger partial charge in [0.1, 0.15) is 5.54 Å². The highest BCUT2D eigenvalue weighted by atomic mass is 16.5. The Morgan fingerprint density at radius 1 is 1.36 bits per heavy atom. The number of fused-ring (bicyclic) bond motifs is 1. The minimum atomic E-state index is -0.721. The van der Waals surface area contributed by atoms with Crippen LogP contribution in [-0.2, 0) is 9.53 Å². The quantitative estimate of drug-likeness (QED) is 0.660. The van der Waals surface area contributed by atoms with Gasteiger partial charge in [-0.1, -0.05) is 30.3 Å². The zero-order chi connectivity index (χ0) is 9.76. The molecule has 1 saturated heterocycles. The number of nitrogens with two attached hydrogens (primary N) is 1. The van der Waals surface area contributed by atoms with Gasteiger partial charge in [0.2, 0.25) is 0 Å². The van der Waals surface area contributed by atoms with Crippen molar-refractivity contribution in [1.29, 1.82) is 0 Å². The highest BCUT2D eigenvalue weighted by molar-refractivity contribution is 5.90. The van der Waals surface area contributed by atoms with Crippen LogP contribution in [0.5, 0.6) is 0 Å². The summed E-state index contributed by atoms with van der Waals surface area (Å²) in [5, 5.41) is 0. The third-order valence-electron chi connectivity index (χ3n) is 3.33. The number of benzene rings is 1. The third-order valence-corrected chi connectivity index (χ3v) is 3.33. The predicted octanol–water partition coefficient (Wildman–Crippen LogP) is 0.654. The molecule has 2 aliphatic rings. The average molecular weight is 189 g/mol. The van der Waals surface area contributed by atoms with Gasteiger partial charge in [0, 0.05) is 11.8 Å². The fourth-order valence-electron chi connectivity index (χ4n) is 2.45. The number of ether oxygens (including phenoxy) is 1. The van der Waals surface area contributed by atoms with Crippen molar-refractivity contribution in [3.63, 3.8) is 0 Å². The van der Waals surface area contributed by atoms with E-state index in [0.29, 0.717) is 6.61 Å². The van der Waals surface area contributed by atoms with Crippen LogP contribution in [-0.4, -0.2) is 18.1 Å². The maximum Gasteiger partial charge on any atom is 0.327 e. The molecule has 0 amide bonds. The molecule has 3 heteroatoms. The number of rotatable bonds is 1. The first-order chi connectivity index (χ1) is 6.74. The second-order valence-corrected chi connectivity index (χ2v) is 4.03. The fourth-order valence-corrected chi connectivity index (χ4v) is 2.45. The molecule has 1 unspecified atom stereocenters. The number of carbonyl (C=O) groups excluding carboxylic acids is 1. The maximum absolute atomic E-state index is 11.4. The van der Waals surface area contributed by atoms with Crippen LogP contribution < -0.4 is 5.73 Å². The molecule has 1 aliphatic carbocycles. The molecule has 1 heterocycles. The van der Waals surface area contributed by atoms with Crippen molar-refractivity contribution < 1.29 is 9.53 Å². The molecule has 1 aromatic carbocycles. The first-order valence-electron chi connectivity index (χ1n) is 4.75. The standard InChI is InChI=1S/C11H11NO2/c12-11-8(6-14-10(11)13)9(11)7-4-2-1-3-5-7/h1-5,8-9H,6,12H2/t8-,9?,11+/m0/s1. The van der Waals surface area contributed by atoms with Crippen molar-refractivity contribution in [3.8, 4) is 0 Å². The Morgan fingerprint density at radius 3 is 2.64 bits per heavy atom. The Balaban J connectivity index is 1.96. The molecule has 2 N–H and O–H groups in total. The molecule has 1 saturated carbocycles. The smallest absolute Gasteiger partial charge is 0.327 e. The fraction of sp³-hybridized carbons (Fsp3) is 0.364. The van der Waals surface area contributed by atoms with E-state index in [1.165, 1.54) is 0 Å². The Morgan fingerprint density at radius 2 is 2.07 bits per heavy atom. The first-order valence-corrected chi connectivity index (χ1v) is 4.75. The van der Waals surface area contributed by atoms with Crippen LogP contribution in [0.2, 0.25) is 0 Å². The molecule has 0 radical (unpaired) electrons. The lowest BCUT2D eigenvalue weighted by molar-refractivity contribution is -0.142. The summed E-state index contributed by atoms with van der Waals surface area (Å²) in [4.78, 5) is 11.4. The molecule has 0 aromatic heterocycles. The third kappa shape index (κ3) is 0.780. The van der Waals surface area contributed by atoms with Gasteiger partial charge in [-0.2, -0.15) is 0 Å². The van der Waals surface area contributed by atoms with E-state index in [9.17, 15) is 4.79 Å². The Kier molecular flexibility index (Phi) is 1.35. The summed E-state index contributed by atoms with van der Waals surface area (Å²) in [6, 6.07) is 9.94. The van der Waals surface area contributed by atoms with E-state index in [0.717, 1.165) is 5.56 Å². The van der Waals surface area contributed by atoms with E-state index in [1.54, 1.807) is 0 Å². The zero-order valence-electron chi connectivity index (χ0n) is 7.64. The van der Waals surface area contributed by atoms with E-state index in [2.05, 4.69) is 0 Å². The molecule has 2 fully saturated rings. The van der Waals surface area contributed by atoms with Crippen LogP contribution in [0.25, 0.3) is 0 Å². The average Bonchev–Trinajstić information content (AvgIpc) is 2.72. The zero-order valence-corrected chi connectivity index (χ0v) is 7.64. The van der Waals surface area contributed by atoms with Gasteiger partial charge in [-0.3, -0.25) is 4.79 Å². The van der Waals surface area contributed by atoms with Crippen molar-refractivity contribution in [3.05, 3.63) is 35.9 Å². The summed E-state index contributed by atoms with van der Waals surface area (Å²) in [6.07, 6.45) is 0. The SMILES string of the molecule is N[C@]12C(=O)OC[C@H]1C2c1ccccc1. The Labute approximate surface area is 81.9 Å². The molecular formula is C11H11NO2. The Bertz CT molecular complexity index is 390. The van der Waals surface area contributed by atoms with Gasteiger partial charge in [0.25, 0.3) is 0 Å². The highest BCUT2D eigenvalue weighted by Gasteiger charge is 2.72. The lowest BCUT2D eigenvalue weighted by Gasteiger charge is -2.07. The van der Waals surface area contributed by atoms with Crippen LogP contribution in [0.1, 0.15) is 11.5 Å². The number of hydrogen-bond acceptors (Lipinski definition) is 3. The predicted molar refractivity (Wildman–Crippen MR) is 50.6 cm³/mol. The van der Waals surface area contributed by atoms with Crippen molar-refractivity contribution in [2.45, 2.75) is 11.5 Å². The molecule has 14 heavy (non-hydrogen) atoms. The van der Waals surface area contributed by atoms with Gasteiger partial charge in [0.15, 0.2) is 0 Å². The molecule has 72 valence electrons. The lowest BCUT2D eigenvalue weighted by atomic mass is 10.1. The van der Waals surface area contributed by atoms with Crippen LogP contribution in [0.3, 0.4) is 0 Å². The lowest BCUT2D eigenvalue weighted by Crippen LogP contribution is -2.33. The molecule has 1 aliphatic heterocycles. The molecule has 1 aromatic rings. The van der Waals surface area contributed by atoms with Crippen molar-refractivity contribution in [2.75, 3.05) is 6.61 Å². The van der Waals surface area contributed by atoms with E-state index in [-0.39, 0.29) is 17.8 Å². The van der Waals surface area contributed by atoms with Gasteiger partial charge in [-0.15, -0.1) is 0 Å². The summed E-state index contributed by atoms with van der Waals surface area (Å²) in [6.45, 7) is 0.481. The Hall–Kier alpha value is -1.35. The van der Waals surface area contributed by atoms with E-state index in [4.69, 9.17) is 10.5 Å². The second-order valence-electron chi connectivity index (χ2n) is 4.03. The summed E-state index contributed by atoms with van der Waals surface area (Å²) in [5.41, 5.74) is 6.43. The van der Waals surface area contributed by atoms with E-state index >= 15 is 0 Å². The van der Waals surface area contributed by atoms with Crippen LogP contribution in [0.15, 0.2) is 30.3 Å². The highest BCUT2D eigenvalue weighted by Crippen LogP contribution is 2.59. The van der Waals surface area contributed by atoms with Gasteiger partial charge >= 0.3 is 5.97 Å². The molecule has 0 spiro atoms. The molecule has 0 bridgehead atoms. The molecule has 3 nitrogen and oxygen atoms in total. The number of cyclic esters (lactones) is 1. The summed E-state index contributed by atoms with van der Waals surface area (Å²) in [7, 11) is 0. The van der Waals surface area contributed by atoms with Crippen molar-refractivity contribution in [2.24, 2.45) is 11.7 Å². The van der Waals surface area contributed by atoms with Crippen LogP contribution in [0, 0.1) is 5.92 Å². The molecule has 3 atom stereocenters. The minimum Gasteiger partial charge on any atom is -0.464 e. The summed E-state index contributed by atoms with van der Waals surface area (Å²) in [5.74, 6) is 0.124. The number of hydrogen-bond donors (Lipinski definition) is 1. The van der Waals surface area contributed by atoms with Crippen LogP contribution in [0.4, 0.5) is 0 Å². The summed E-state index contributed by atoms with van der Waals surface area (Å²) >= 11 is 0. The monoisotopic (exact) mass is 189 g/mol. The minimum absolute atomic E-state index is 0.171. The van der Waals surface area contributed by atoms with Gasteiger partial charge in [-0.05, 0) is 5.56 Å². The van der Waals surface area contributed by atoms with Crippen LogP contribution >= 0.6 is 0 Å². The van der Waals surface area contributed by atoms with Crippen molar-refractivity contribution >= 4 is 5.97 Å².